The third-order valence-electron chi connectivity index (χ3n) is 6.09. The zero-order chi connectivity index (χ0) is 19.7. The second-order valence-electron chi connectivity index (χ2n) is 8.12. The Labute approximate surface area is 165 Å². The quantitative estimate of drug-likeness (QED) is 0.863. The predicted molar refractivity (Wildman–Crippen MR) is 106 cm³/mol. The Hall–Kier alpha value is -2.40. The van der Waals surface area contributed by atoms with Crippen molar-refractivity contribution in [2.75, 3.05) is 0 Å². The zero-order valence-corrected chi connectivity index (χ0v) is 16.3. The van der Waals surface area contributed by atoms with Gasteiger partial charge in [-0.15, -0.1) is 0 Å². The number of carbonyl (C=O) groups is 1. The molecular formula is C23H27NO4. The van der Waals surface area contributed by atoms with Crippen LogP contribution < -0.4 is 5.63 Å². The van der Waals surface area contributed by atoms with E-state index >= 15 is 0 Å². The molecular weight excluding hydrogens is 354 g/mol. The van der Waals surface area contributed by atoms with Gasteiger partial charge in [-0.2, -0.15) is 0 Å². The second kappa shape index (κ2) is 7.92. The fraction of sp³-hybridized carbons (Fsp3) is 0.478. The lowest BCUT2D eigenvalue weighted by atomic mass is 9.98. The normalized spacial score (nSPS) is 23.8. The number of aryl methyl sites for hydroxylation is 3. The standard InChI is InChI=1S/C23H27NO4/c1-15-12-20(9-5-8-16-6-3-2-4-7-16)28-23(27)21(15)22(26)24-17-10-11-18(24)14-19(25)13-17/h2-4,6-7,12,17-19,25H,5,8-11,13-14H2,1H3/t17-,18+,19?. The van der Waals surface area contributed by atoms with Gasteiger partial charge in [-0.25, -0.2) is 4.79 Å². The molecule has 1 amide bonds. The predicted octanol–water partition coefficient (Wildman–Crippen LogP) is 3.25. The molecule has 148 valence electrons. The van der Waals surface area contributed by atoms with Crippen molar-refractivity contribution in [3.8, 4) is 0 Å². The Morgan fingerprint density at radius 3 is 2.46 bits per heavy atom. The highest BCUT2D eigenvalue weighted by atomic mass is 16.4. The van der Waals surface area contributed by atoms with E-state index in [1.165, 1.54) is 5.56 Å². The Kier molecular flexibility index (Phi) is 5.36. The number of fused-ring (bicyclic) bond motifs is 2. The lowest BCUT2D eigenvalue weighted by Gasteiger charge is -2.37. The van der Waals surface area contributed by atoms with E-state index in [0.717, 1.165) is 25.7 Å². The van der Waals surface area contributed by atoms with Crippen LogP contribution in [-0.4, -0.2) is 34.1 Å². The van der Waals surface area contributed by atoms with Crippen molar-refractivity contribution in [3.63, 3.8) is 0 Å². The Bertz CT molecular complexity index is 891. The van der Waals surface area contributed by atoms with Crippen LogP contribution in [0.15, 0.2) is 45.6 Å². The smallest absolute Gasteiger partial charge is 0.349 e. The minimum absolute atomic E-state index is 0.0330. The van der Waals surface area contributed by atoms with E-state index in [1.54, 1.807) is 0 Å². The van der Waals surface area contributed by atoms with Crippen LogP contribution >= 0.6 is 0 Å². The number of hydrogen-bond donors (Lipinski definition) is 1. The number of aliphatic hydroxyl groups is 1. The van der Waals surface area contributed by atoms with E-state index < -0.39 is 5.63 Å². The molecule has 1 unspecified atom stereocenters. The molecule has 2 aliphatic rings. The summed E-state index contributed by atoms with van der Waals surface area (Å²) in [6.45, 7) is 1.81. The van der Waals surface area contributed by atoms with E-state index in [9.17, 15) is 14.7 Å². The van der Waals surface area contributed by atoms with Crippen molar-refractivity contribution in [2.24, 2.45) is 0 Å². The summed E-state index contributed by atoms with van der Waals surface area (Å²) in [4.78, 5) is 27.5. The fourth-order valence-corrected chi connectivity index (χ4v) is 4.77. The van der Waals surface area contributed by atoms with E-state index in [2.05, 4.69) is 12.1 Å². The monoisotopic (exact) mass is 381 g/mol. The van der Waals surface area contributed by atoms with Crippen molar-refractivity contribution < 1.29 is 14.3 Å². The Balaban J connectivity index is 1.47. The molecule has 0 aliphatic carbocycles. The van der Waals surface area contributed by atoms with Crippen molar-refractivity contribution in [3.05, 3.63) is 69.3 Å². The van der Waals surface area contributed by atoms with E-state index in [4.69, 9.17) is 4.42 Å². The van der Waals surface area contributed by atoms with Gasteiger partial charge in [0.25, 0.3) is 5.91 Å². The highest BCUT2D eigenvalue weighted by molar-refractivity contribution is 5.95. The van der Waals surface area contributed by atoms with Gasteiger partial charge in [-0.3, -0.25) is 4.79 Å². The summed E-state index contributed by atoms with van der Waals surface area (Å²) >= 11 is 0. The number of nitrogens with zero attached hydrogens (tertiary/aromatic N) is 1. The fourth-order valence-electron chi connectivity index (χ4n) is 4.77. The molecule has 28 heavy (non-hydrogen) atoms. The van der Waals surface area contributed by atoms with Crippen molar-refractivity contribution in [1.29, 1.82) is 0 Å². The van der Waals surface area contributed by atoms with Crippen molar-refractivity contribution in [1.82, 2.24) is 4.90 Å². The molecule has 2 bridgehead atoms. The summed E-state index contributed by atoms with van der Waals surface area (Å²) in [7, 11) is 0. The van der Waals surface area contributed by atoms with Gasteiger partial charge in [-0.05, 0) is 62.6 Å². The number of carbonyl (C=O) groups excluding carboxylic acids is 1. The number of amides is 1. The number of rotatable bonds is 5. The topological polar surface area (TPSA) is 70.8 Å². The van der Waals surface area contributed by atoms with E-state index in [0.29, 0.717) is 30.6 Å². The SMILES string of the molecule is Cc1cc(CCCc2ccccc2)oc(=O)c1C(=O)N1[C@@H]2CC[C@H]1CC(O)C2. The summed E-state index contributed by atoms with van der Waals surface area (Å²) in [5.41, 5.74) is 1.56. The van der Waals surface area contributed by atoms with Crippen LogP contribution in [0.25, 0.3) is 0 Å². The molecule has 1 aromatic heterocycles. The van der Waals surface area contributed by atoms with Crippen LogP contribution in [0.1, 0.15) is 59.3 Å². The lowest BCUT2D eigenvalue weighted by Crippen LogP contribution is -2.49. The molecule has 3 heterocycles. The van der Waals surface area contributed by atoms with Gasteiger partial charge in [0.1, 0.15) is 11.3 Å². The van der Waals surface area contributed by atoms with Gasteiger partial charge >= 0.3 is 5.63 Å². The van der Waals surface area contributed by atoms with Gasteiger partial charge in [0.2, 0.25) is 0 Å². The molecule has 5 heteroatoms. The van der Waals surface area contributed by atoms with E-state index in [-0.39, 0.29) is 29.7 Å². The summed E-state index contributed by atoms with van der Waals surface area (Å²) in [5, 5.41) is 9.95. The maximum Gasteiger partial charge on any atom is 0.349 e. The lowest BCUT2D eigenvalue weighted by molar-refractivity contribution is 0.0283. The van der Waals surface area contributed by atoms with Gasteiger partial charge in [0.15, 0.2) is 0 Å². The number of piperidine rings is 1. The average molecular weight is 381 g/mol. The molecule has 2 saturated heterocycles. The summed E-state index contributed by atoms with van der Waals surface area (Å²) < 4.78 is 5.50. The zero-order valence-electron chi connectivity index (χ0n) is 16.3. The van der Waals surface area contributed by atoms with Gasteiger partial charge < -0.3 is 14.4 Å². The van der Waals surface area contributed by atoms with Crippen molar-refractivity contribution in [2.45, 2.75) is 70.1 Å². The third-order valence-corrected chi connectivity index (χ3v) is 6.09. The molecule has 0 radical (unpaired) electrons. The molecule has 1 N–H and O–H groups in total. The highest BCUT2D eigenvalue weighted by Gasteiger charge is 2.44. The first-order valence-electron chi connectivity index (χ1n) is 10.2. The first-order valence-corrected chi connectivity index (χ1v) is 10.2. The minimum atomic E-state index is -0.537. The first kappa shape index (κ1) is 18.9. The molecule has 2 fully saturated rings. The number of hydrogen-bond acceptors (Lipinski definition) is 4. The van der Waals surface area contributed by atoms with Crippen LogP contribution in [0, 0.1) is 6.92 Å². The summed E-state index contributed by atoms with van der Waals surface area (Å²) in [6.07, 6.45) is 5.13. The number of benzene rings is 1. The minimum Gasteiger partial charge on any atom is -0.427 e. The maximum atomic E-state index is 13.1. The first-order chi connectivity index (χ1) is 13.5. The van der Waals surface area contributed by atoms with E-state index in [1.807, 2.05) is 36.1 Å². The number of aliphatic hydroxyl groups excluding tert-OH is 1. The molecule has 2 aliphatic heterocycles. The molecule has 4 rings (SSSR count). The van der Waals surface area contributed by atoms with Crippen LogP contribution in [0.3, 0.4) is 0 Å². The van der Waals surface area contributed by atoms with Crippen molar-refractivity contribution >= 4 is 5.91 Å². The highest BCUT2D eigenvalue weighted by Crippen LogP contribution is 2.36. The third kappa shape index (κ3) is 3.76. The summed E-state index contributed by atoms with van der Waals surface area (Å²) in [5.74, 6) is 0.397. The van der Waals surface area contributed by atoms with Gasteiger partial charge in [-0.1, -0.05) is 30.3 Å². The summed E-state index contributed by atoms with van der Waals surface area (Å²) in [6, 6.07) is 12.1. The average Bonchev–Trinajstić information content (AvgIpc) is 2.93. The molecule has 0 saturated carbocycles. The molecule has 2 aromatic rings. The van der Waals surface area contributed by atoms with Crippen LogP contribution in [0.5, 0.6) is 0 Å². The molecule has 0 spiro atoms. The Morgan fingerprint density at radius 1 is 1.14 bits per heavy atom. The van der Waals surface area contributed by atoms with Crippen LogP contribution in [0.4, 0.5) is 0 Å². The second-order valence-corrected chi connectivity index (χ2v) is 8.12. The molecule has 3 atom stereocenters. The van der Waals surface area contributed by atoms with Crippen LogP contribution in [0.2, 0.25) is 0 Å². The Morgan fingerprint density at radius 2 is 1.82 bits per heavy atom. The van der Waals surface area contributed by atoms with Gasteiger partial charge in [0, 0.05) is 18.5 Å². The van der Waals surface area contributed by atoms with Gasteiger partial charge in [0.05, 0.1) is 6.10 Å². The maximum absolute atomic E-state index is 13.1. The molecule has 1 aromatic carbocycles. The van der Waals surface area contributed by atoms with Crippen LogP contribution in [-0.2, 0) is 12.8 Å². The molecule has 5 nitrogen and oxygen atoms in total. The largest absolute Gasteiger partial charge is 0.427 e.